The van der Waals surface area contributed by atoms with Gasteiger partial charge in [-0.15, -0.1) is 0 Å². The first-order chi connectivity index (χ1) is 14.8. The molecule has 0 bridgehead atoms. The molecule has 0 aliphatic rings. The van der Waals surface area contributed by atoms with E-state index in [1.165, 1.54) is 70.3 Å². The number of hydrogen-bond acceptors (Lipinski definition) is 4. The highest BCUT2D eigenvalue weighted by atomic mass is 35.9. The molecule has 1 aromatic carbocycles. The SMILES string of the molecule is CCCCCCCCCCCCCCCC(=O)Nc1cc([N+](=O)[O-])ccc1P(=O)(Cl)Cl. The third kappa shape index (κ3) is 12.5. The van der Waals surface area contributed by atoms with Crippen LogP contribution in [0.1, 0.15) is 96.8 Å². The van der Waals surface area contributed by atoms with E-state index in [4.69, 9.17) is 22.5 Å². The van der Waals surface area contributed by atoms with Crippen LogP contribution in [0.4, 0.5) is 11.4 Å². The number of unbranched alkanes of at least 4 members (excludes halogenated alkanes) is 12. The number of benzene rings is 1. The molecule has 0 saturated heterocycles. The van der Waals surface area contributed by atoms with Gasteiger partial charge in [-0.05, 0) is 35.0 Å². The summed E-state index contributed by atoms with van der Waals surface area (Å²) in [5.41, 5.74) is -0.205. The Balaban J connectivity index is 2.23. The van der Waals surface area contributed by atoms with E-state index in [0.717, 1.165) is 31.4 Å². The van der Waals surface area contributed by atoms with Crippen molar-refractivity contribution >= 4 is 50.9 Å². The van der Waals surface area contributed by atoms with Crippen molar-refractivity contribution in [3.63, 3.8) is 0 Å². The van der Waals surface area contributed by atoms with Crippen LogP contribution in [0.5, 0.6) is 0 Å². The van der Waals surface area contributed by atoms with Crippen molar-refractivity contribution in [3.05, 3.63) is 28.3 Å². The van der Waals surface area contributed by atoms with E-state index in [2.05, 4.69) is 12.2 Å². The summed E-state index contributed by atoms with van der Waals surface area (Å²) in [7, 11) is 0. The Hall–Kier alpha value is -1.10. The number of anilines is 1. The number of nitrogens with one attached hydrogen (secondary N) is 1. The van der Waals surface area contributed by atoms with Crippen LogP contribution in [0, 0.1) is 10.1 Å². The van der Waals surface area contributed by atoms with Gasteiger partial charge in [0.2, 0.25) is 5.91 Å². The predicted octanol–water partition coefficient (Wildman–Crippen LogP) is 8.31. The molecule has 31 heavy (non-hydrogen) atoms. The molecule has 0 fully saturated rings. The average Bonchev–Trinajstić information content (AvgIpc) is 2.70. The van der Waals surface area contributed by atoms with E-state index in [1.54, 1.807) is 0 Å². The van der Waals surface area contributed by atoms with Crippen molar-refractivity contribution in [3.8, 4) is 0 Å². The van der Waals surface area contributed by atoms with Gasteiger partial charge in [0.05, 0.1) is 15.9 Å². The summed E-state index contributed by atoms with van der Waals surface area (Å²) < 4.78 is 12.0. The molecule has 6 nitrogen and oxygen atoms in total. The molecule has 9 heteroatoms. The molecule has 0 aliphatic heterocycles. The minimum Gasteiger partial charge on any atom is -0.325 e. The quantitative estimate of drug-likeness (QED) is 0.102. The standard InChI is InChI=1S/C22H35Cl2N2O4P/c1-2-3-4-5-6-7-8-9-10-11-12-13-14-15-22(27)25-20-18-19(26(28)29)16-17-21(20)31(23,24)30/h16-18H,2-15H2,1H3,(H,25,27). The lowest BCUT2D eigenvalue weighted by Gasteiger charge is -2.11. The Labute approximate surface area is 195 Å². The molecule has 1 N–H and O–H groups in total. The van der Waals surface area contributed by atoms with Crippen molar-refractivity contribution in [2.24, 2.45) is 0 Å². The molecular weight excluding hydrogens is 458 g/mol. The highest BCUT2D eigenvalue weighted by Gasteiger charge is 2.25. The van der Waals surface area contributed by atoms with Crippen molar-refractivity contribution in [1.82, 2.24) is 0 Å². The molecule has 0 heterocycles. The van der Waals surface area contributed by atoms with Crippen molar-refractivity contribution in [1.29, 1.82) is 0 Å². The monoisotopic (exact) mass is 492 g/mol. The maximum Gasteiger partial charge on any atom is 0.283 e. The maximum absolute atomic E-state index is 12.2. The number of nitrogens with zero attached hydrogens (tertiary/aromatic N) is 1. The fraction of sp³-hybridized carbons (Fsp3) is 0.682. The number of nitro groups is 1. The minimum absolute atomic E-state index is 0.000136. The highest BCUT2D eigenvalue weighted by Crippen LogP contribution is 2.56. The smallest absolute Gasteiger partial charge is 0.283 e. The van der Waals surface area contributed by atoms with Crippen LogP contribution in [0.25, 0.3) is 0 Å². The summed E-state index contributed by atoms with van der Waals surface area (Å²) in [6, 6.07) is 3.52. The van der Waals surface area contributed by atoms with Crippen LogP contribution < -0.4 is 10.6 Å². The summed E-state index contributed by atoms with van der Waals surface area (Å²) in [4.78, 5) is 22.6. The lowest BCUT2D eigenvalue weighted by Crippen LogP contribution is -2.17. The van der Waals surface area contributed by atoms with Gasteiger partial charge in [0, 0.05) is 18.6 Å². The highest BCUT2D eigenvalue weighted by molar-refractivity contribution is 8.13. The number of halogens is 2. The van der Waals surface area contributed by atoms with E-state index in [1.807, 2.05) is 0 Å². The third-order valence-electron chi connectivity index (χ3n) is 5.25. The van der Waals surface area contributed by atoms with E-state index in [9.17, 15) is 19.5 Å². The Morgan fingerprint density at radius 2 is 1.42 bits per heavy atom. The molecule has 1 amide bonds. The van der Waals surface area contributed by atoms with Gasteiger partial charge in [-0.1, -0.05) is 84.0 Å². The molecule has 0 spiro atoms. The average molecular weight is 493 g/mol. The molecule has 0 unspecified atom stereocenters. The number of hydrogen-bond donors (Lipinski definition) is 1. The molecule has 1 rings (SSSR count). The zero-order valence-corrected chi connectivity index (χ0v) is 20.8. The first kappa shape index (κ1) is 27.9. The fourth-order valence-electron chi connectivity index (χ4n) is 3.48. The molecular formula is C22H35Cl2N2O4P. The number of nitro benzene ring substituents is 1. The number of rotatable bonds is 17. The van der Waals surface area contributed by atoms with Gasteiger partial charge in [0.25, 0.3) is 11.5 Å². The van der Waals surface area contributed by atoms with E-state index < -0.39 is 10.8 Å². The van der Waals surface area contributed by atoms with Crippen LogP contribution in [0.2, 0.25) is 0 Å². The number of amides is 1. The maximum atomic E-state index is 12.2. The molecule has 0 radical (unpaired) electrons. The number of carbonyl (C=O) groups is 1. The van der Waals surface area contributed by atoms with Crippen molar-refractivity contribution in [2.75, 3.05) is 5.32 Å². The molecule has 0 saturated carbocycles. The molecule has 0 atom stereocenters. The van der Waals surface area contributed by atoms with Crippen LogP contribution in [0.3, 0.4) is 0 Å². The number of carbonyl (C=O) groups excluding carboxylic acids is 1. The van der Waals surface area contributed by atoms with Gasteiger partial charge in [-0.25, -0.2) is 0 Å². The van der Waals surface area contributed by atoms with Crippen LogP contribution in [0.15, 0.2) is 18.2 Å². The second-order valence-corrected chi connectivity index (χ2v) is 12.7. The summed E-state index contributed by atoms with van der Waals surface area (Å²) >= 11 is 11.4. The second kappa shape index (κ2) is 15.7. The van der Waals surface area contributed by atoms with Crippen molar-refractivity contribution < 1.29 is 14.3 Å². The second-order valence-electron chi connectivity index (χ2n) is 7.96. The largest absolute Gasteiger partial charge is 0.325 e. The van der Waals surface area contributed by atoms with E-state index >= 15 is 0 Å². The van der Waals surface area contributed by atoms with Crippen LogP contribution in [-0.4, -0.2) is 10.8 Å². The summed E-state index contributed by atoms with van der Waals surface area (Å²) in [5.74, 6) is -4.01. The fourth-order valence-corrected chi connectivity index (χ4v) is 5.01. The van der Waals surface area contributed by atoms with Gasteiger partial charge in [0.15, 0.2) is 0 Å². The summed E-state index contributed by atoms with van der Waals surface area (Å²) in [5, 5.41) is 13.5. The number of non-ortho nitro benzene ring substituents is 1. The van der Waals surface area contributed by atoms with Crippen LogP contribution in [-0.2, 0) is 9.36 Å². The van der Waals surface area contributed by atoms with Gasteiger partial charge < -0.3 is 5.32 Å². The normalized spacial score (nSPS) is 11.5. The van der Waals surface area contributed by atoms with Crippen molar-refractivity contribution in [2.45, 2.75) is 96.8 Å². The lowest BCUT2D eigenvalue weighted by atomic mass is 10.0. The Bertz CT molecular complexity index is 740. The lowest BCUT2D eigenvalue weighted by molar-refractivity contribution is -0.384. The molecule has 1 aromatic rings. The topological polar surface area (TPSA) is 89.3 Å². The first-order valence-corrected chi connectivity index (χ1v) is 14.9. The van der Waals surface area contributed by atoms with Crippen LogP contribution >= 0.6 is 28.3 Å². The summed E-state index contributed by atoms with van der Waals surface area (Å²) in [6.45, 7) is 2.24. The third-order valence-corrected chi connectivity index (χ3v) is 7.30. The van der Waals surface area contributed by atoms with Gasteiger partial charge in [-0.2, -0.15) is 0 Å². The van der Waals surface area contributed by atoms with E-state index in [-0.39, 0.29) is 29.0 Å². The first-order valence-electron chi connectivity index (χ1n) is 11.3. The Kier molecular flexibility index (Phi) is 14.1. The molecule has 0 aliphatic carbocycles. The zero-order valence-electron chi connectivity index (χ0n) is 18.4. The Morgan fingerprint density at radius 1 is 0.935 bits per heavy atom. The summed E-state index contributed by atoms with van der Waals surface area (Å²) in [6.07, 6.45) is 16.1. The van der Waals surface area contributed by atoms with Gasteiger partial charge in [0.1, 0.15) is 0 Å². The Morgan fingerprint density at radius 3 is 1.87 bits per heavy atom. The zero-order chi connectivity index (χ0) is 23.1. The predicted molar refractivity (Wildman–Crippen MR) is 131 cm³/mol. The molecule has 0 aromatic heterocycles. The minimum atomic E-state index is -3.71. The van der Waals surface area contributed by atoms with Gasteiger partial charge in [-0.3, -0.25) is 19.5 Å². The van der Waals surface area contributed by atoms with Gasteiger partial charge >= 0.3 is 0 Å². The van der Waals surface area contributed by atoms with E-state index in [0.29, 0.717) is 0 Å². The molecule has 176 valence electrons.